The quantitative estimate of drug-likeness (QED) is 0.477. The molecule has 39 heavy (non-hydrogen) atoms. The van der Waals surface area contributed by atoms with Crippen LogP contribution in [-0.4, -0.2) is 85.0 Å². The molecule has 1 atom stereocenters. The summed E-state index contributed by atoms with van der Waals surface area (Å²) in [6.45, 7) is 5.40. The molecule has 3 aliphatic heterocycles. The molecule has 1 aromatic heterocycles. The molecule has 4 heterocycles. The molecule has 0 spiro atoms. The minimum Gasteiger partial charge on any atom is -0.392 e. The van der Waals surface area contributed by atoms with E-state index in [2.05, 4.69) is 25.1 Å². The Labute approximate surface area is 236 Å². The Morgan fingerprint density at radius 2 is 1.97 bits per heavy atom. The second-order valence-corrected chi connectivity index (χ2v) is 10.7. The van der Waals surface area contributed by atoms with Gasteiger partial charge in [-0.2, -0.15) is 4.98 Å². The maximum absolute atomic E-state index is 13.3. The Morgan fingerprint density at radius 3 is 2.77 bits per heavy atom. The van der Waals surface area contributed by atoms with Gasteiger partial charge in [0.05, 0.1) is 48.3 Å². The molecule has 1 unspecified atom stereocenters. The first-order valence-corrected chi connectivity index (χ1v) is 13.6. The van der Waals surface area contributed by atoms with E-state index in [-0.39, 0.29) is 19.2 Å². The van der Waals surface area contributed by atoms with Gasteiger partial charge < -0.3 is 25.0 Å². The van der Waals surface area contributed by atoms with E-state index >= 15 is 0 Å². The lowest BCUT2D eigenvalue weighted by molar-refractivity contribution is -0.0117. The fraction of sp³-hybridized carbons (Fsp3) is 0.370. The van der Waals surface area contributed by atoms with Crippen LogP contribution in [0, 0.1) is 0 Å². The molecule has 10 nitrogen and oxygen atoms in total. The van der Waals surface area contributed by atoms with E-state index < -0.39 is 0 Å². The maximum Gasteiger partial charge on any atom is 0.265 e. The molecule has 6 rings (SSSR count). The zero-order chi connectivity index (χ0) is 27.1. The van der Waals surface area contributed by atoms with Gasteiger partial charge in [-0.05, 0) is 30.3 Å². The van der Waals surface area contributed by atoms with Gasteiger partial charge in [0.1, 0.15) is 11.4 Å². The monoisotopic (exact) mass is 569 g/mol. The number of ether oxygens (including phenoxy) is 1. The summed E-state index contributed by atoms with van der Waals surface area (Å²) >= 11 is 12.7. The molecule has 0 aliphatic carbocycles. The van der Waals surface area contributed by atoms with E-state index in [9.17, 15) is 9.90 Å². The Bertz CT molecular complexity index is 1390. The lowest BCUT2D eigenvalue weighted by Gasteiger charge is -2.45. The molecule has 2 fully saturated rings. The standard InChI is InChI=1S/C27H29Cl2N7O3/c1-33-16-36(24-21(28)3-2-4-22(24)29)26(38)20-12-30-27(32-25(20)33)31-18-5-6-23(17(11-18)14-37)35-8-7-34-9-10-39-15-19(34)13-35/h2-6,11-12,19,37H,7-10,13-16H2,1H3,(H,30,31,32). The number of fused-ring (bicyclic) bond motifs is 2. The van der Waals surface area contributed by atoms with Gasteiger partial charge in [-0.3, -0.25) is 14.6 Å². The molecular formula is C27H29Cl2N7O3. The number of hydrogen-bond acceptors (Lipinski definition) is 9. The first-order valence-electron chi connectivity index (χ1n) is 12.8. The molecule has 2 N–H and O–H groups in total. The highest BCUT2D eigenvalue weighted by molar-refractivity contribution is 6.40. The number of anilines is 5. The lowest BCUT2D eigenvalue weighted by atomic mass is 10.1. The number of nitrogens with one attached hydrogen (secondary N) is 1. The number of nitrogens with zero attached hydrogens (tertiary/aromatic N) is 6. The number of aromatic nitrogens is 2. The van der Waals surface area contributed by atoms with E-state index in [0.29, 0.717) is 39.1 Å². The van der Waals surface area contributed by atoms with Crippen molar-refractivity contribution in [1.82, 2.24) is 14.9 Å². The number of halogens is 2. The lowest BCUT2D eigenvalue weighted by Crippen LogP contribution is -2.58. The van der Waals surface area contributed by atoms with Gasteiger partial charge in [-0.15, -0.1) is 0 Å². The average molecular weight is 570 g/mol. The van der Waals surface area contributed by atoms with E-state index in [1.165, 1.54) is 11.1 Å². The van der Waals surface area contributed by atoms with Crippen LogP contribution in [0.1, 0.15) is 15.9 Å². The maximum atomic E-state index is 13.3. The molecule has 2 aromatic carbocycles. The number of rotatable bonds is 5. The topological polar surface area (TPSA) is 97.3 Å². The Morgan fingerprint density at radius 1 is 1.15 bits per heavy atom. The number of carbonyl (C=O) groups is 1. The molecule has 0 saturated carbocycles. The summed E-state index contributed by atoms with van der Waals surface area (Å²) in [7, 11) is 1.84. The van der Waals surface area contributed by atoms with Crippen LogP contribution in [-0.2, 0) is 11.3 Å². The van der Waals surface area contributed by atoms with Crippen molar-refractivity contribution in [2.24, 2.45) is 0 Å². The van der Waals surface area contributed by atoms with Crippen molar-refractivity contribution in [3.05, 3.63) is 63.8 Å². The van der Waals surface area contributed by atoms with E-state index in [1.807, 2.05) is 30.1 Å². The third-order valence-corrected chi connectivity index (χ3v) is 8.06. The molecule has 3 aliphatic rings. The predicted molar refractivity (Wildman–Crippen MR) is 153 cm³/mol. The van der Waals surface area contributed by atoms with Crippen molar-refractivity contribution in [3.63, 3.8) is 0 Å². The van der Waals surface area contributed by atoms with Crippen LogP contribution in [0.15, 0.2) is 42.6 Å². The van der Waals surface area contributed by atoms with Crippen LogP contribution in [0.4, 0.5) is 28.8 Å². The number of carbonyl (C=O) groups excluding carboxylic acids is 1. The van der Waals surface area contributed by atoms with E-state index in [4.69, 9.17) is 27.9 Å². The summed E-state index contributed by atoms with van der Waals surface area (Å²) in [5.74, 6) is 0.575. The summed E-state index contributed by atoms with van der Waals surface area (Å²) in [6, 6.07) is 11.4. The molecule has 12 heteroatoms. The normalized spacial score (nSPS) is 19.6. The largest absolute Gasteiger partial charge is 0.392 e. The zero-order valence-electron chi connectivity index (χ0n) is 21.5. The second-order valence-electron chi connectivity index (χ2n) is 9.91. The number of aliphatic hydroxyl groups is 1. The van der Waals surface area contributed by atoms with Crippen LogP contribution in [0.3, 0.4) is 0 Å². The molecule has 0 bridgehead atoms. The van der Waals surface area contributed by atoms with Crippen molar-refractivity contribution < 1.29 is 14.6 Å². The fourth-order valence-electron chi connectivity index (χ4n) is 5.48. The van der Waals surface area contributed by atoms with Crippen LogP contribution >= 0.6 is 23.2 Å². The molecule has 3 aromatic rings. The zero-order valence-corrected chi connectivity index (χ0v) is 23.0. The van der Waals surface area contributed by atoms with Crippen LogP contribution in [0.25, 0.3) is 0 Å². The fourth-order valence-corrected chi connectivity index (χ4v) is 6.08. The van der Waals surface area contributed by atoms with Gasteiger partial charge in [0.2, 0.25) is 5.95 Å². The average Bonchev–Trinajstić information content (AvgIpc) is 2.95. The summed E-state index contributed by atoms with van der Waals surface area (Å²) < 4.78 is 5.68. The minimum absolute atomic E-state index is 0.0883. The highest BCUT2D eigenvalue weighted by Crippen LogP contribution is 2.37. The first-order chi connectivity index (χ1) is 18.9. The molecule has 204 valence electrons. The van der Waals surface area contributed by atoms with E-state index in [0.717, 1.165) is 56.3 Å². The number of aliphatic hydroxyl groups excluding tert-OH is 1. The van der Waals surface area contributed by atoms with Crippen LogP contribution in [0.2, 0.25) is 10.0 Å². The molecule has 2 saturated heterocycles. The van der Waals surface area contributed by atoms with Gasteiger partial charge in [-0.25, -0.2) is 4.98 Å². The van der Waals surface area contributed by atoms with Gasteiger partial charge in [-0.1, -0.05) is 29.3 Å². The summed E-state index contributed by atoms with van der Waals surface area (Å²) in [4.78, 5) is 30.5. The highest BCUT2D eigenvalue weighted by Gasteiger charge is 2.33. The Balaban J connectivity index is 1.21. The second kappa shape index (κ2) is 10.8. The minimum atomic E-state index is -0.278. The van der Waals surface area contributed by atoms with Gasteiger partial charge in [0.15, 0.2) is 0 Å². The molecular weight excluding hydrogens is 541 g/mol. The van der Waals surface area contributed by atoms with Crippen molar-refractivity contribution in [1.29, 1.82) is 0 Å². The van der Waals surface area contributed by atoms with Gasteiger partial charge >= 0.3 is 0 Å². The summed E-state index contributed by atoms with van der Waals surface area (Å²) in [6.07, 6.45) is 1.51. The number of benzene rings is 2. The Kier molecular flexibility index (Phi) is 7.22. The molecule has 1 amide bonds. The molecule has 0 radical (unpaired) electrons. The smallest absolute Gasteiger partial charge is 0.265 e. The summed E-state index contributed by atoms with van der Waals surface area (Å²) in [5.41, 5.74) is 3.39. The number of para-hydroxylation sites is 1. The van der Waals surface area contributed by atoms with Crippen molar-refractivity contribution >= 4 is 57.9 Å². The van der Waals surface area contributed by atoms with Gasteiger partial charge in [0.25, 0.3) is 5.91 Å². The first kappa shape index (κ1) is 26.1. The van der Waals surface area contributed by atoms with Crippen molar-refractivity contribution in [3.8, 4) is 0 Å². The van der Waals surface area contributed by atoms with Crippen molar-refractivity contribution in [2.75, 3.05) is 73.1 Å². The SMILES string of the molecule is CN1CN(c2c(Cl)cccc2Cl)C(=O)c2cnc(Nc3ccc(N4CCN5CCOCC5C4)c(CO)c3)nc21. The third-order valence-electron chi connectivity index (χ3n) is 7.45. The summed E-state index contributed by atoms with van der Waals surface area (Å²) in [5, 5.41) is 14.2. The Hall–Kier alpha value is -3.15. The number of amides is 1. The number of morpholine rings is 1. The van der Waals surface area contributed by atoms with Crippen molar-refractivity contribution in [2.45, 2.75) is 12.6 Å². The van der Waals surface area contributed by atoms with Crippen LogP contribution < -0.4 is 20.0 Å². The van der Waals surface area contributed by atoms with E-state index in [1.54, 1.807) is 18.2 Å². The third kappa shape index (κ3) is 4.99. The predicted octanol–water partition coefficient (Wildman–Crippen LogP) is 3.59. The van der Waals surface area contributed by atoms with Gasteiger partial charge in [0, 0.05) is 56.4 Å². The number of piperazine rings is 1. The van der Waals surface area contributed by atoms with Crippen LogP contribution in [0.5, 0.6) is 0 Å². The highest BCUT2D eigenvalue weighted by atomic mass is 35.5. The number of hydrogen-bond donors (Lipinski definition) is 2.